The van der Waals surface area contributed by atoms with Crippen molar-refractivity contribution in [1.29, 1.82) is 0 Å². The summed E-state index contributed by atoms with van der Waals surface area (Å²) in [6.45, 7) is 3.82. The van der Waals surface area contributed by atoms with Crippen LogP contribution in [0.2, 0.25) is 0 Å². The second kappa shape index (κ2) is 4.03. The Bertz CT molecular complexity index is 573. The van der Waals surface area contributed by atoms with E-state index in [2.05, 4.69) is 26.0 Å². The Labute approximate surface area is 100 Å². The van der Waals surface area contributed by atoms with E-state index in [1.165, 1.54) is 10.8 Å². The summed E-state index contributed by atoms with van der Waals surface area (Å²) in [5.74, 6) is 0.0612. The largest absolute Gasteiger partial charge is 0.387 e. The second-order valence-corrected chi connectivity index (χ2v) is 4.84. The Morgan fingerprint density at radius 2 is 2.25 bits per heavy atom. The number of fused-ring (bicyclic) bond motifs is 1. The number of aliphatic hydroxyl groups excluding tert-OH is 1. The van der Waals surface area contributed by atoms with Crippen molar-refractivity contribution >= 4 is 21.4 Å². The highest BCUT2D eigenvalue weighted by Gasteiger charge is 2.19. The number of aromatic amines is 1. The molecule has 0 fully saturated rings. The van der Waals surface area contributed by atoms with Gasteiger partial charge in [-0.05, 0) is 27.9 Å². The number of rotatable bonds is 2. The van der Waals surface area contributed by atoms with Crippen molar-refractivity contribution in [2.24, 2.45) is 5.92 Å². The van der Waals surface area contributed by atoms with Crippen molar-refractivity contribution in [2.45, 2.75) is 20.0 Å². The Hall–Kier alpha value is -1.14. The standard InChI is InChI=1S/C10H12BrN3O2/c1-5(2)9(15)7-3-6(11)8-10(16)12-4-13-14(7)8/h3-5,9,15H,1-2H3,(H,12,13,16). The van der Waals surface area contributed by atoms with Crippen LogP contribution in [0.1, 0.15) is 25.6 Å². The molecule has 0 radical (unpaired) electrons. The van der Waals surface area contributed by atoms with Gasteiger partial charge in [0, 0.05) is 0 Å². The van der Waals surface area contributed by atoms with Gasteiger partial charge < -0.3 is 10.1 Å². The first kappa shape index (κ1) is 11.3. The number of hydrogen-bond donors (Lipinski definition) is 2. The molecule has 1 atom stereocenters. The maximum atomic E-state index is 11.6. The van der Waals surface area contributed by atoms with E-state index in [1.807, 2.05) is 13.8 Å². The van der Waals surface area contributed by atoms with Gasteiger partial charge in [-0.1, -0.05) is 13.8 Å². The predicted octanol–water partition coefficient (Wildman–Crippen LogP) is 1.47. The van der Waals surface area contributed by atoms with Gasteiger partial charge in [-0.25, -0.2) is 4.52 Å². The van der Waals surface area contributed by atoms with E-state index in [9.17, 15) is 9.90 Å². The van der Waals surface area contributed by atoms with Crippen molar-refractivity contribution in [1.82, 2.24) is 14.6 Å². The monoisotopic (exact) mass is 285 g/mol. The molecule has 16 heavy (non-hydrogen) atoms. The molecule has 2 N–H and O–H groups in total. The maximum absolute atomic E-state index is 11.6. The van der Waals surface area contributed by atoms with Crippen LogP contribution in [0.4, 0.5) is 0 Å². The molecule has 1 unspecified atom stereocenters. The lowest BCUT2D eigenvalue weighted by Crippen LogP contribution is -2.15. The molecule has 0 saturated carbocycles. The lowest BCUT2D eigenvalue weighted by molar-refractivity contribution is 0.120. The minimum absolute atomic E-state index is 0.0612. The molecule has 0 aromatic carbocycles. The Morgan fingerprint density at radius 3 is 2.88 bits per heavy atom. The predicted molar refractivity (Wildman–Crippen MR) is 63.3 cm³/mol. The summed E-state index contributed by atoms with van der Waals surface area (Å²) in [4.78, 5) is 14.1. The van der Waals surface area contributed by atoms with E-state index < -0.39 is 6.10 Å². The van der Waals surface area contributed by atoms with E-state index in [-0.39, 0.29) is 11.5 Å². The summed E-state index contributed by atoms with van der Waals surface area (Å²) in [6, 6.07) is 1.72. The lowest BCUT2D eigenvalue weighted by atomic mass is 10.1. The van der Waals surface area contributed by atoms with Crippen LogP contribution < -0.4 is 5.56 Å². The van der Waals surface area contributed by atoms with E-state index in [0.29, 0.717) is 15.7 Å². The lowest BCUT2D eigenvalue weighted by Gasteiger charge is -2.13. The SMILES string of the molecule is CC(C)C(O)c1cc(Br)c2c(=O)[nH]cnn12. The molecule has 2 aromatic rings. The molecule has 0 spiro atoms. The summed E-state index contributed by atoms with van der Waals surface area (Å²) in [5.41, 5.74) is 0.796. The van der Waals surface area contributed by atoms with Crippen molar-refractivity contribution in [3.63, 3.8) is 0 Å². The second-order valence-electron chi connectivity index (χ2n) is 3.98. The van der Waals surface area contributed by atoms with Crippen molar-refractivity contribution in [2.75, 3.05) is 0 Å². The smallest absolute Gasteiger partial charge is 0.276 e. The van der Waals surface area contributed by atoms with Gasteiger partial charge in [0.2, 0.25) is 0 Å². The molecule has 5 nitrogen and oxygen atoms in total. The molecule has 0 amide bonds. The highest BCUT2D eigenvalue weighted by molar-refractivity contribution is 9.10. The zero-order valence-corrected chi connectivity index (χ0v) is 10.5. The van der Waals surface area contributed by atoms with Crippen molar-refractivity contribution < 1.29 is 5.11 Å². The third kappa shape index (κ3) is 1.68. The van der Waals surface area contributed by atoms with Gasteiger partial charge in [0.15, 0.2) is 0 Å². The van der Waals surface area contributed by atoms with Crippen LogP contribution in [-0.4, -0.2) is 19.7 Å². The van der Waals surface area contributed by atoms with Crippen LogP contribution in [0.15, 0.2) is 21.7 Å². The first-order chi connectivity index (χ1) is 7.52. The van der Waals surface area contributed by atoms with Crippen molar-refractivity contribution in [3.8, 4) is 0 Å². The van der Waals surface area contributed by atoms with Crippen LogP contribution in [0.25, 0.3) is 5.52 Å². The summed E-state index contributed by atoms with van der Waals surface area (Å²) >= 11 is 3.29. The topological polar surface area (TPSA) is 70.4 Å². The van der Waals surface area contributed by atoms with E-state index in [0.717, 1.165) is 0 Å². The fourth-order valence-corrected chi connectivity index (χ4v) is 2.17. The molecule has 0 bridgehead atoms. The van der Waals surface area contributed by atoms with E-state index in [1.54, 1.807) is 6.07 Å². The van der Waals surface area contributed by atoms with Crippen LogP contribution in [0.3, 0.4) is 0 Å². The molecule has 0 aliphatic heterocycles. The van der Waals surface area contributed by atoms with Gasteiger partial charge in [-0.15, -0.1) is 0 Å². The first-order valence-electron chi connectivity index (χ1n) is 4.95. The van der Waals surface area contributed by atoms with Gasteiger partial charge >= 0.3 is 0 Å². The zero-order chi connectivity index (χ0) is 11.9. The number of H-pyrrole nitrogens is 1. The highest BCUT2D eigenvalue weighted by Crippen LogP contribution is 2.27. The molecule has 6 heteroatoms. The molecule has 2 heterocycles. The van der Waals surface area contributed by atoms with Gasteiger partial charge in [-0.2, -0.15) is 5.10 Å². The third-order valence-electron chi connectivity index (χ3n) is 2.48. The molecule has 0 saturated heterocycles. The Kier molecular flexibility index (Phi) is 2.86. The minimum Gasteiger partial charge on any atom is -0.387 e. The fraction of sp³-hybridized carbons (Fsp3) is 0.400. The summed E-state index contributed by atoms with van der Waals surface area (Å²) in [5, 5.41) is 14.0. The fourth-order valence-electron chi connectivity index (χ4n) is 1.58. The van der Waals surface area contributed by atoms with Gasteiger partial charge in [0.25, 0.3) is 5.56 Å². The number of nitrogens with one attached hydrogen (secondary N) is 1. The molecule has 0 aliphatic carbocycles. The average molecular weight is 286 g/mol. The Balaban J connectivity index is 2.74. The molecule has 2 aromatic heterocycles. The summed E-state index contributed by atoms with van der Waals surface area (Å²) in [6.07, 6.45) is 0.672. The van der Waals surface area contributed by atoms with Gasteiger partial charge in [0.1, 0.15) is 11.8 Å². The molecule has 86 valence electrons. The van der Waals surface area contributed by atoms with Crippen LogP contribution in [0.5, 0.6) is 0 Å². The maximum Gasteiger partial charge on any atom is 0.276 e. The molecular weight excluding hydrogens is 274 g/mol. The first-order valence-corrected chi connectivity index (χ1v) is 5.74. The molecule has 0 aliphatic rings. The highest BCUT2D eigenvalue weighted by atomic mass is 79.9. The van der Waals surface area contributed by atoms with Gasteiger partial charge in [-0.3, -0.25) is 4.79 Å². The normalized spacial score (nSPS) is 13.6. The zero-order valence-electron chi connectivity index (χ0n) is 8.94. The van der Waals surface area contributed by atoms with Crippen LogP contribution >= 0.6 is 15.9 Å². The van der Waals surface area contributed by atoms with E-state index in [4.69, 9.17) is 0 Å². The molecular formula is C10H12BrN3O2. The minimum atomic E-state index is -0.645. The van der Waals surface area contributed by atoms with E-state index >= 15 is 0 Å². The number of nitrogens with zero attached hydrogens (tertiary/aromatic N) is 2. The average Bonchev–Trinajstić information content (AvgIpc) is 2.56. The van der Waals surface area contributed by atoms with Gasteiger partial charge in [0.05, 0.1) is 16.3 Å². The van der Waals surface area contributed by atoms with Crippen molar-refractivity contribution in [3.05, 3.63) is 32.9 Å². The summed E-state index contributed by atoms with van der Waals surface area (Å²) in [7, 11) is 0. The third-order valence-corrected chi connectivity index (χ3v) is 3.08. The number of aliphatic hydroxyl groups is 1. The molecule has 2 rings (SSSR count). The summed E-state index contributed by atoms with van der Waals surface area (Å²) < 4.78 is 2.10. The Morgan fingerprint density at radius 1 is 1.56 bits per heavy atom. The van der Waals surface area contributed by atoms with Crippen LogP contribution in [0, 0.1) is 5.92 Å². The van der Waals surface area contributed by atoms with Crippen LogP contribution in [-0.2, 0) is 0 Å². The number of hydrogen-bond acceptors (Lipinski definition) is 3. The number of aromatic nitrogens is 3. The quantitative estimate of drug-likeness (QED) is 0.878. The number of halogens is 1.